The fraction of sp³-hybridized carbons (Fsp3) is 0.154. The second-order valence-electron chi connectivity index (χ2n) is 3.99. The number of hydrogen-bond donors (Lipinski definition) is 1. The van der Waals surface area contributed by atoms with Crippen LogP contribution in [-0.2, 0) is 11.3 Å². The molecule has 0 radical (unpaired) electrons. The minimum atomic E-state index is -1.00. The Morgan fingerprint density at radius 2 is 1.95 bits per heavy atom. The van der Waals surface area contributed by atoms with Gasteiger partial charge in [-0.3, -0.25) is 14.3 Å². The molecule has 0 fully saturated rings. The molecular formula is C13H13N3O3. The summed E-state index contributed by atoms with van der Waals surface area (Å²) in [6.07, 6.45) is 1.47. The van der Waals surface area contributed by atoms with Gasteiger partial charge in [0.1, 0.15) is 6.54 Å². The average molecular weight is 259 g/mol. The zero-order valence-corrected chi connectivity index (χ0v) is 10.4. The quantitative estimate of drug-likeness (QED) is 0.896. The van der Waals surface area contributed by atoms with Crippen molar-refractivity contribution in [3.63, 3.8) is 0 Å². The number of amides is 1. The molecule has 19 heavy (non-hydrogen) atoms. The Hall–Kier alpha value is -2.63. The van der Waals surface area contributed by atoms with Crippen molar-refractivity contribution in [3.05, 3.63) is 48.3 Å². The Morgan fingerprint density at radius 3 is 2.58 bits per heavy atom. The number of carboxylic acids is 1. The fourth-order valence-electron chi connectivity index (χ4n) is 1.64. The van der Waals surface area contributed by atoms with Crippen molar-refractivity contribution in [2.75, 3.05) is 11.9 Å². The van der Waals surface area contributed by atoms with Crippen LogP contribution in [0.15, 0.2) is 42.6 Å². The number of carbonyl (C=O) groups is 2. The van der Waals surface area contributed by atoms with Gasteiger partial charge >= 0.3 is 5.97 Å². The third-order valence-electron chi connectivity index (χ3n) is 2.61. The average Bonchev–Trinajstić information content (AvgIpc) is 2.85. The van der Waals surface area contributed by atoms with Gasteiger partial charge < -0.3 is 10.0 Å². The first-order valence-electron chi connectivity index (χ1n) is 5.66. The van der Waals surface area contributed by atoms with Gasteiger partial charge in [-0.1, -0.05) is 18.2 Å². The number of hydrogen-bond acceptors (Lipinski definition) is 3. The molecule has 0 aliphatic rings. The molecule has 1 aromatic carbocycles. The summed E-state index contributed by atoms with van der Waals surface area (Å²) in [6, 6.07) is 10.7. The predicted molar refractivity (Wildman–Crippen MR) is 69.0 cm³/mol. The van der Waals surface area contributed by atoms with Crippen LogP contribution < -0.4 is 4.90 Å². The zero-order valence-electron chi connectivity index (χ0n) is 10.4. The smallest absolute Gasteiger partial charge is 0.325 e. The normalized spacial score (nSPS) is 10.2. The number of anilines is 1. The monoisotopic (exact) mass is 259 g/mol. The molecular weight excluding hydrogens is 246 g/mol. The van der Waals surface area contributed by atoms with E-state index >= 15 is 0 Å². The topological polar surface area (TPSA) is 75.4 Å². The first-order valence-corrected chi connectivity index (χ1v) is 5.66. The minimum absolute atomic E-state index is 0.215. The van der Waals surface area contributed by atoms with Gasteiger partial charge in [0, 0.05) is 18.9 Å². The minimum Gasteiger partial charge on any atom is -0.480 e. The number of benzene rings is 1. The number of aliphatic carboxylic acids is 1. The molecule has 2 rings (SSSR count). The van der Waals surface area contributed by atoms with E-state index < -0.39 is 5.97 Å². The first-order chi connectivity index (χ1) is 9.08. The molecule has 0 aliphatic heterocycles. The lowest BCUT2D eigenvalue weighted by molar-refractivity contribution is -0.137. The van der Waals surface area contributed by atoms with E-state index in [4.69, 9.17) is 5.11 Å². The van der Waals surface area contributed by atoms with E-state index in [0.717, 1.165) is 5.69 Å². The lowest BCUT2D eigenvalue weighted by atomic mass is 10.3. The SMILES string of the molecule is CN(C(=O)c1ccn(CC(=O)O)n1)c1ccccc1. The van der Waals surface area contributed by atoms with Crippen LogP contribution >= 0.6 is 0 Å². The molecule has 98 valence electrons. The van der Waals surface area contributed by atoms with Gasteiger partial charge in [-0.2, -0.15) is 5.10 Å². The summed E-state index contributed by atoms with van der Waals surface area (Å²) in [7, 11) is 1.65. The molecule has 6 heteroatoms. The van der Waals surface area contributed by atoms with E-state index in [1.807, 2.05) is 30.3 Å². The molecule has 1 N–H and O–H groups in total. The van der Waals surface area contributed by atoms with E-state index in [2.05, 4.69) is 5.10 Å². The molecule has 2 aromatic rings. The fourth-order valence-corrected chi connectivity index (χ4v) is 1.64. The van der Waals surface area contributed by atoms with Gasteiger partial charge in [-0.05, 0) is 18.2 Å². The Labute approximate surface area is 109 Å². The van der Waals surface area contributed by atoms with Crippen LogP contribution in [-0.4, -0.2) is 33.8 Å². The number of para-hydroxylation sites is 1. The highest BCUT2D eigenvalue weighted by Crippen LogP contribution is 2.13. The Kier molecular flexibility index (Phi) is 3.61. The number of aromatic nitrogens is 2. The number of carboxylic acid groups (broad SMARTS) is 1. The summed E-state index contributed by atoms with van der Waals surface area (Å²) in [5, 5.41) is 12.6. The molecule has 6 nitrogen and oxygen atoms in total. The molecule has 0 spiro atoms. The van der Waals surface area contributed by atoms with Gasteiger partial charge in [0.25, 0.3) is 5.91 Å². The van der Waals surface area contributed by atoms with Crippen LogP contribution in [0.5, 0.6) is 0 Å². The lowest BCUT2D eigenvalue weighted by Gasteiger charge is -2.15. The molecule has 0 unspecified atom stereocenters. The van der Waals surface area contributed by atoms with Crippen LogP contribution in [0.25, 0.3) is 0 Å². The second-order valence-corrected chi connectivity index (χ2v) is 3.99. The van der Waals surface area contributed by atoms with Gasteiger partial charge in [0.05, 0.1) is 0 Å². The first kappa shape index (κ1) is 12.8. The summed E-state index contributed by atoms with van der Waals surface area (Å²) >= 11 is 0. The van der Waals surface area contributed by atoms with Crippen molar-refractivity contribution in [2.24, 2.45) is 0 Å². The highest BCUT2D eigenvalue weighted by molar-refractivity contribution is 6.04. The largest absolute Gasteiger partial charge is 0.480 e. The van der Waals surface area contributed by atoms with Crippen molar-refractivity contribution in [1.82, 2.24) is 9.78 Å². The van der Waals surface area contributed by atoms with Crippen LogP contribution in [0.3, 0.4) is 0 Å². The van der Waals surface area contributed by atoms with Crippen molar-refractivity contribution in [2.45, 2.75) is 6.54 Å². The standard InChI is InChI=1S/C13H13N3O3/c1-15(10-5-3-2-4-6-10)13(19)11-7-8-16(14-11)9-12(17)18/h2-8H,9H2,1H3,(H,17,18). The number of rotatable bonds is 4. The summed E-state index contributed by atoms with van der Waals surface area (Å²) in [5.74, 6) is -1.28. The molecule has 0 saturated heterocycles. The van der Waals surface area contributed by atoms with Crippen molar-refractivity contribution >= 4 is 17.6 Å². The maximum Gasteiger partial charge on any atom is 0.325 e. The molecule has 0 aliphatic carbocycles. The summed E-state index contributed by atoms with van der Waals surface area (Å²) in [5.41, 5.74) is 0.966. The van der Waals surface area contributed by atoms with Gasteiger partial charge in [-0.15, -0.1) is 0 Å². The molecule has 0 atom stereocenters. The van der Waals surface area contributed by atoms with E-state index in [1.54, 1.807) is 7.05 Å². The highest BCUT2D eigenvalue weighted by Gasteiger charge is 2.16. The molecule has 0 bridgehead atoms. The van der Waals surface area contributed by atoms with Gasteiger partial charge in [0.15, 0.2) is 5.69 Å². The zero-order chi connectivity index (χ0) is 13.8. The van der Waals surface area contributed by atoms with Gasteiger partial charge in [0.2, 0.25) is 0 Å². The lowest BCUT2D eigenvalue weighted by Crippen LogP contribution is -2.26. The molecule has 1 aromatic heterocycles. The number of carbonyl (C=O) groups excluding carboxylic acids is 1. The van der Waals surface area contributed by atoms with Crippen molar-refractivity contribution < 1.29 is 14.7 Å². The molecule has 1 amide bonds. The van der Waals surface area contributed by atoms with Crippen LogP contribution in [0.4, 0.5) is 5.69 Å². The van der Waals surface area contributed by atoms with E-state index in [9.17, 15) is 9.59 Å². The maximum atomic E-state index is 12.1. The van der Waals surface area contributed by atoms with E-state index in [-0.39, 0.29) is 18.1 Å². The Morgan fingerprint density at radius 1 is 1.26 bits per heavy atom. The summed E-state index contributed by atoms with van der Waals surface area (Å²) in [6.45, 7) is -0.262. The molecule has 1 heterocycles. The van der Waals surface area contributed by atoms with Crippen LogP contribution in [0, 0.1) is 0 Å². The summed E-state index contributed by atoms with van der Waals surface area (Å²) in [4.78, 5) is 24.2. The van der Waals surface area contributed by atoms with Gasteiger partial charge in [-0.25, -0.2) is 0 Å². The van der Waals surface area contributed by atoms with Crippen LogP contribution in [0.1, 0.15) is 10.5 Å². The number of nitrogens with zero attached hydrogens (tertiary/aromatic N) is 3. The van der Waals surface area contributed by atoms with Crippen molar-refractivity contribution in [3.8, 4) is 0 Å². The van der Waals surface area contributed by atoms with E-state index in [0.29, 0.717) is 0 Å². The third-order valence-corrected chi connectivity index (χ3v) is 2.61. The second kappa shape index (κ2) is 5.34. The Balaban J connectivity index is 2.15. The summed E-state index contributed by atoms with van der Waals surface area (Å²) < 4.78 is 1.22. The van der Waals surface area contributed by atoms with Crippen LogP contribution in [0.2, 0.25) is 0 Å². The highest BCUT2D eigenvalue weighted by atomic mass is 16.4. The Bertz CT molecular complexity index is 592. The predicted octanol–water partition coefficient (Wildman–Crippen LogP) is 1.24. The van der Waals surface area contributed by atoms with E-state index in [1.165, 1.54) is 21.8 Å². The van der Waals surface area contributed by atoms with Crippen molar-refractivity contribution in [1.29, 1.82) is 0 Å². The molecule has 0 saturated carbocycles. The maximum absolute atomic E-state index is 12.1. The third kappa shape index (κ3) is 2.98.